The number of anilines is 1. The lowest BCUT2D eigenvalue weighted by molar-refractivity contribution is -0.384. The van der Waals surface area contributed by atoms with Crippen LogP contribution in [0.15, 0.2) is 48.0 Å². The number of nitrogens with one attached hydrogen (secondary N) is 1. The van der Waals surface area contributed by atoms with E-state index in [-0.39, 0.29) is 22.0 Å². The number of benzene rings is 2. The number of carbonyl (C=O) groups excluding carboxylic acids is 1. The van der Waals surface area contributed by atoms with Gasteiger partial charge in [0.25, 0.3) is 11.6 Å². The van der Waals surface area contributed by atoms with E-state index in [4.69, 9.17) is 28.5 Å². The number of nitriles is 1. The second-order valence-corrected chi connectivity index (χ2v) is 5.44. The molecular formula is C16H9Cl2N3O3. The first-order valence-electron chi connectivity index (χ1n) is 6.53. The maximum Gasteiger partial charge on any atom is 0.270 e. The van der Waals surface area contributed by atoms with Gasteiger partial charge in [0.2, 0.25) is 0 Å². The first kappa shape index (κ1) is 17.5. The molecule has 1 N–H and O–H groups in total. The molecule has 0 atom stereocenters. The average molecular weight is 362 g/mol. The Morgan fingerprint density at radius 2 is 2.00 bits per heavy atom. The van der Waals surface area contributed by atoms with E-state index in [0.717, 1.165) is 0 Å². The molecule has 0 bridgehead atoms. The summed E-state index contributed by atoms with van der Waals surface area (Å²) in [7, 11) is 0. The molecule has 8 heteroatoms. The van der Waals surface area contributed by atoms with Crippen molar-refractivity contribution in [1.29, 1.82) is 5.26 Å². The van der Waals surface area contributed by atoms with Crippen molar-refractivity contribution in [3.63, 3.8) is 0 Å². The topological polar surface area (TPSA) is 96.0 Å². The highest BCUT2D eigenvalue weighted by molar-refractivity contribution is 6.36. The molecule has 0 fully saturated rings. The summed E-state index contributed by atoms with van der Waals surface area (Å²) in [5, 5.41) is 23.0. The van der Waals surface area contributed by atoms with Gasteiger partial charge in [-0.1, -0.05) is 35.3 Å². The lowest BCUT2D eigenvalue weighted by atomic mass is 10.1. The van der Waals surface area contributed by atoms with Crippen molar-refractivity contribution in [2.75, 3.05) is 5.32 Å². The summed E-state index contributed by atoms with van der Waals surface area (Å²) in [6, 6.07) is 11.9. The van der Waals surface area contributed by atoms with E-state index >= 15 is 0 Å². The van der Waals surface area contributed by atoms with Gasteiger partial charge in [0.1, 0.15) is 11.6 Å². The normalized spacial score (nSPS) is 10.8. The smallest absolute Gasteiger partial charge is 0.270 e. The Labute approximate surface area is 147 Å². The van der Waals surface area contributed by atoms with Crippen LogP contribution in [0.3, 0.4) is 0 Å². The number of nitrogens with zero attached hydrogens (tertiary/aromatic N) is 2. The van der Waals surface area contributed by atoms with Gasteiger partial charge in [-0.2, -0.15) is 5.26 Å². The van der Waals surface area contributed by atoms with Gasteiger partial charge in [-0.25, -0.2) is 0 Å². The minimum absolute atomic E-state index is 0.140. The molecule has 0 aromatic heterocycles. The fourth-order valence-corrected chi connectivity index (χ4v) is 2.16. The van der Waals surface area contributed by atoms with E-state index in [9.17, 15) is 14.9 Å². The minimum atomic E-state index is -0.701. The predicted octanol–water partition coefficient (Wildman–Crippen LogP) is 4.45. The minimum Gasteiger partial charge on any atom is -0.320 e. The molecule has 0 heterocycles. The quantitative estimate of drug-likeness (QED) is 0.376. The lowest BCUT2D eigenvalue weighted by Crippen LogP contribution is -2.13. The van der Waals surface area contributed by atoms with E-state index in [1.807, 2.05) is 0 Å². The van der Waals surface area contributed by atoms with E-state index in [0.29, 0.717) is 10.6 Å². The Morgan fingerprint density at radius 1 is 1.25 bits per heavy atom. The number of nitro groups is 1. The molecule has 1 amide bonds. The van der Waals surface area contributed by atoms with Gasteiger partial charge < -0.3 is 5.32 Å². The average Bonchev–Trinajstić information content (AvgIpc) is 2.56. The second-order valence-electron chi connectivity index (χ2n) is 4.60. The molecule has 2 aromatic carbocycles. The maximum atomic E-state index is 12.2. The van der Waals surface area contributed by atoms with Crippen LogP contribution in [0.5, 0.6) is 0 Å². The fraction of sp³-hybridized carbons (Fsp3) is 0. The van der Waals surface area contributed by atoms with Gasteiger partial charge >= 0.3 is 0 Å². The van der Waals surface area contributed by atoms with Crippen molar-refractivity contribution in [1.82, 2.24) is 0 Å². The van der Waals surface area contributed by atoms with E-state index in [2.05, 4.69) is 5.32 Å². The Balaban J connectivity index is 2.29. The third-order valence-corrected chi connectivity index (χ3v) is 3.50. The van der Waals surface area contributed by atoms with Crippen LogP contribution in [0.2, 0.25) is 10.0 Å². The number of non-ortho nitro benzene ring substituents is 1. The standard InChI is InChI=1S/C16H9Cl2N3O3/c17-12-4-5-14(18)15(8-12)20-16(22)11(9-19)6-10-2-1-3-13(7-10)21(23)24/h1-8H,(H,20,22)/b11-6+. The number of nitro benzene ring substituents is 1. The van der Waals surface area contributed by atoms with Crippen molar-refractivity contribution in [2.45, 2.75) is 0 Å². The molecule has 6 nitrogen and oxygen atoms in total. The molecule has 2 aromatic rings. The van der Waals surface area contributed by atoms with Gasteiger partial charge in [0, 0.05) is 17.2 Å². The molecule has 0 radical (unpaired) electrons. The Morgan fingerprint density at radius 3 is 2.67 bits per heavy atom. The van der Waals surface area contributed by atoms with Gasteiger partial charge in [0.15, 0.2) is 0 Å². The molecule has 0 saturated carbocycles. The number of carbonyl (C=O) groups is 1. The third kappa shape index (κ3) is 4.32. The number of rotatable bonds is 4. The highest BCUT2D eigenvalue weighted by atomic mass is 35.5. The number of amides is 1. The fourth-order valence-electron chi connectivity index (χ4n) is 1.83. The summed E-state index contributed by atoms with van der Waals surface area (Å²) in [5.74, 6) is -0.701. The first-order valence-corrected chi connectivity index (χ1v) is 7.29. The van der Waals surface area contributed by atoms with Gasteiger partial charge in [-0.05, 0) is 29.8 Å². The SMILES string of the molecule is N#C/C(=C\c1cccc([N+](=O)[O-])c1)C(=O)Nc1cc(Cl)ccc1Cl. The predicted molar refractivity (Wildman–Crippen MR) is 91.8 cm³/mol. The van der Waals surface area contributed by atoms with E-state index in [1.165, 1.54) is 36.4 Å². The molecule has 0 aliphatic rings. The lowest BCUT2D eigenvalue weighted by Gasteiger charge is -2.07. The highest BCUT2D eigenvalue weighted by Gasteiger charge is 2.13. The van der Waals surface area contributed by atoms with Crippen LogP contribution < -0.4 is 5.32 Å². The van der Waals surface area contributed by atoms with Gasteiger partial charge in [-0.15, -0.1) is 0 Å². The molecule has 24 heavy (non-hydrogen) atoms. The number of hydrogen-bond donors (Lipinski definition) is 1. The van der Waals surface area contributed by atoms with Crippen LogP contribution in [0.25, 0.3) is 6.08 Å². The zero-order valence-corrected chi connectivity index (χ0v) is 13.5. The van der Waals surface area contributed by atoms with Gasteiger partial charge in [-0.3, -0.25) is 14.9 Å². The molecular weight excluding hydrogens is 353 g/mol. The number of halogens is 2. The zero-order chi connectivity index (χ0) is 17.7. The maximum absolute atomic E-state index is 12.2. The number of hydrogen-bond acceptors (Lipinski definition) is 4. The Hall–Kier alpha value is -2.88. The van der Waals surface area contributed by atoms with Crippen molar-refractivity contribution in [3.8, 4) is 6.07 Å². The van der Waals surface area contributed by atoms with E-state index < -0.39 is 10.8 Å². The summed E-state index contributed by atoms with van der Waals surface area (Å²) in [6.45, 7) is 0. The van der Waals surface area contributed by atoms with Crippen molar-refractivity contribution < 1.29 is 9.72 Å². The molecule has 2 rings (SSSR count). The summed E-state index contributed by atoms with van der Waals surface area (Å²) in [6.07, 6.45) is 1.25. The molecule has 120 valence electrons. The van der Waals surface area contributed by atoms with Crippen LogP contribution in [-0.2, 0) is 4.79 Å². The highest BCUT2D eigenvalue weighted by Crippen LogP contribution is 2.26. The van der Waals surface area contributed by atoms with Crippen molar-refractivity contribution in [2.24, 2.45) is 0 Å². The summed E-state index contributed by atoms with van der Waals surface area (Å²) in [5.41, 5.74) is 0.244. The zero-order valence-electron chi connectivity index (χ0n) is 12.0. The Bertz CT molecular complexity index is 888. The molecule has 0 aliphatic heterocycles. The summed E-state index contributed by atoms with van der Waals surface area (Å²) < 4.78 is 0. The monoisotopic (exact) mass is 361 g/mol. The molecule has 0 aliphatic carbocycles. The van der Waals surface area contributed by atoms with Crippen LogP contribution in [0.4, 0.5) is 11.4 Å². The summed E-state index contributed by atoms with van der Waals surface area (Å²) >= 11 is 11.8. The van der Waals surface area contributed by atoms with E-state index in [1.54, 1.807) is 18.2 Å². The van der Waals surface area contributed by atoms with Gasteiger partial charge in [0.05, 0.1) is 15.6 Å². The molecule has 0 spiro atoms. The molecule has 0 unspecified atom stereocenters. The van der Waals surface area contributed by atoms with Crippen LogP contribution >= 0.6 is 23.2 Å². The third-order valence-electron chi connectivity index (χ3n) is 2.93. The van der Waals surface area contributed by atoms with Crippen LogP contribution in [-0.4, -0.2) is 10.8 Å². The van der Waals surface area contributed by atoms with Crippen molar-refractivity contribution in [3.05, 3.63) is 73.8 Å². The van der Waals surface area contributed by atoms with Crippen LogP contribution in [0.1, 0.15) is 5.56 Å². The second kappa shape index (κ2) is 7.59. The van der Waals surface area contributed by atoms with Crippen molar-refractivity contribution >= 4 is 46.6 Å². The largest absolute Gasteiger partial charge is 0.320 e. The summed E-state index contributed by atoms with van der Waals surface area (Å²) in [4.78, 5) is 22.4. The Kier molecular flexibility index (Phi) is 5.53. The van der Waals surface area contributed by atoms with Crippen LogP contribution in [0, 0.1) is 21.4 Å². The first-order chi connectivity index (χ1) is 11.4. The molecule has 0 saturated heterocycles.